The molecule has 0 radical (unpaired) electrons. The van der Waals surface area contributed by atoms with E-state index in [1.54, 1.807) is 0 Å². The largest absolute Gasteiger partial charge is 0.494 e. The number of ketones is 1. The van der Waals surface area contributed by atoms with Crippen LogP contribution in [0.5, 0.6) is 5.75 Å². The van der Waals surface area contributed by atoms with Crippen LogP contribution in [0.4, 0.5) is 11.4 Å². The standard InChI is InChI=1S/C30H38N2O3/c1-5-7-8-16-27(34)32-25-15-10-9-14-23(25)31-24-19-30(3,4)20-26(33)28(24)29(32)21-12-11-13-22(18-21)35-17-6-2/h9-15,18,29,31H,5-8,16-17,19-20H2,1-4H3. The van der Waals surface area contributed by atoms with E-state index >= 15 is 0 Å². The second-order valence-electron chi connectivity index (χ2n) is 10.5. The minimum absolute atomic E-state index is 0.0453. The van der Waals surface area contributed by atoms with Crippen LogP contribution < -0.4 is 15.0 Å². The number of carbonyl (C=O) groups excluding carboxylic acids is 2. The lowest BCUT2D eigenvalue weighted by Crippen LogP contribution is -2.39. The minimum Gasteiger partial charge on any atom is -0.494 e. The van der Waals surface area contributed by atoms with Crippen molar-refractivity contribution in [3.05, 3.63) is 65.4 Å². The van der Waals surface area contributed by atoms with E-state index in [1.165, 1.54) is 0 Å². The lowest BCUT2D eigenvalue weighted by molar-refractivity contribution is -0.119. The summed E-state index contributed by atoms with van der Waals surface area (Å²) in [6.07, 6.45) is 5.47. The van der Waals surface area contributed by atoms with Crippen molar-refractivity contribution in [1.29, 1.82) is 0 Å². The van der Waals surface area contributed by atoms with E-state index in [1.807, 2.05) is 53.4 Å². The fourth-order valence-electron chi connectivity index (χ4n) is 5.22. The number of amides is 1. The number of hydrogen-bond acceptors (Lipinski definition) is 4. The van der Waals surface area contributed by atoms with Crippen LogP contribution in [0.2, 0.25) is 0 Å². The Morgan fingerprint density at radius 3 is 2.63 bits per heavy atom. The first-order valence-corrected chi connectivity index (χ1v) is 13.0. The van der Waals surface area contributed by atoms with Gasteiger partial charge in [0.2, 0.25) is 5.91 Å². The van der Waals surface area contributed by atoms with E-state index in [2.05, 4.69) is 33.0 Å². The molecule has 2 aliphatic rings. The van der Waals surface area contributed by atoms with Gasteiger partial charge >= 0.3 is 0 Å². The summed E-state index contributed by atoms with van der Waals surface area (Å²) in [4.78, 5) is 29.5. The summed E-state index contributed by atoms with van der Waals surface area (Å²) in [5.41, 5.74) is 4.08. The Bertz CT molecular complexity index is 1120. The summed E-state index contributed by atoms with van der Waals surface area (Å²) in [6.45, 7) is 9.11. The van der Waals surface area contributed by atoms with Gasteiger partial charge in [-0.15, -0.1) is 0 Å². The first kappa shape index (κ1) is 25.0. The van der Waals surface area contributed by atoms with Gasteiger partial charge in [-0.05, 0) is 54.5 Å². The highest BCUT2D eigenvalue weighted by atomic mass is 16.5. The average Bonchev–Trinajstić information content (AvgIpc) is 2.96. The molecular weight excluding hydrogens is 436 g/mol. The van der Waals surface area contributed by atoms with Gasteiger partial charge in [0.1, 0.15) is 5.75 Å². The molecule has 5 nitrogen and oxygen atoms in total. The number of rotatable bonds is 8. The molecule has 0 fully saturated rings. The highest BCUT2D eigenvalue weighted by Gasteiger charge is 2.43. The van der Waals surface area contributed by atoms with Crippen molar-refractivity contribution >= 4 is 23.1 Å². The Hall–Kier alpha value is -3.08. The molecule has 1 atom stereocenters. The highest BCUT2D eigenvalue weighted by Crippen LogP contribution is 2.48. The fourth-order valence-corrected chi connectivity index (χ4v) is 5.22. The molecule has 2 aromatic rings. The molecule has 0 bridgehead atoms. The number of anilines is 2. The molecule has 35 heavy (non-hydrogen) atoms. The van der Waals surface area contributed by atoms with Crippen molar-refractivity contribution in [2.24, 2.45) is 5.41 Å². The second-order valence-corrected chi connectivity index (χ2v) is 10.5. The molecule has 186 valence electrons. The number of unbranched alkanes of at least 4 members (excludes halogenated alkanes) is 2. The van der Waals surface area contributed by atoms with Crippen molar-refractivity contribution in [2.75, 3.05) is 16.8 Å². The van der Waals surface area contributed by atoms with Gasteiger partial charge in [0.15, 0.2) is 5.78 Å². The van der Waals surface area contributed by atoms with Gasteiger partial charge in [0.25, 0.3) is 0 Å². The molecule has 0 saturated heterocycles. The summed E-state index contributed by atoms with van der Waals surface area (Å²) >= 11 is 0. The number of hydrogen-bond donors (Lipinski definition) is 1. The maximum absolute atomic E-state index is 13.9. The molecule has 0 saturated carbocycles. The third-order valence-corrected chi connectivity index (χ3v) is 6.81. The number of benzene rings is 2. The monoisotopic (exact) mass is 474 g/mol. The predicted octanol–water partition coefficient (Wildman–Crippen LogP) is 7.20. The van der Waals surface area contributed by atoms with E-state index in [0.717, 1.165) is 60.5 Å². The van der Waals surface area contributed by atoms with Crippen molar-refractivity contribution in [3.8, 4) is 5.75 Å². The van der Waals surface area contributed by atoms with E-state index in [9.17, 15) is 9.59 Å². The van der Waals surface area contributed by atoms with Crippen LogP contribution in [0, 0.1) is 5.41 Å². The number of fused-ring (bicyclic) bond motifs is 1. The fraction of sp³-hybridized carbons (Fsp3) is 0.467. The van der Waals surface area contributed by atoms with E-state index in [4.69, 9.17) is 4.74 Å². The average molecular weight is 475 g/mol. The van der Waals surface area contributed by atoms with E-state index < -0.39 is 6.04 Å². The summed E-state index contributed by atoms with van der Waals surface area (Å²) in [5.74, 6) is 0.913. The number of allylic oxidation sites excluding steroid dienone is 1. The van der Waals surface area contributed by atoms with Crippen molar-refractivity contribution in [3.63, 3.8) is 0 Å². The minimum atomic E-state index is -0.496. The van der Waals surface area contributed by atoms with Crippen LogP contribution in [0.15, 0.2) is 59.8 Å². The van der Waals surface area contributed by atoms with E-state index in [0.29, 0.717) is 25.0 Å². The lowest BCUT2D eigenvalue weighted by Gasteiger charge is -2.37. The van der Waals surface area contributed by atoms with Crippen molar-refractivity contribution < 1.29 is 14.3 Å². The predicted molar refractivity (Wildman–Crippen MR) is 142 cm³/mol. The first-order chi connectivity index (χ1) is 16.8. The Morgan fingerprint density at radius 2 is 1.86 bits per heavy atom. The molecule has 1 aliphatic carbocycles. The second kappa shape index (κ2) is 10.7. The lowest BCUT2D eigenvalue weighted by atomic mass is 9.73. The van der Waals surface area contributed by atoms with Gasteiger partial charge in [-0.3, -0.25) is 14.5 Å². The zero-order valence-corrected chi connectivity index (χ0v) is 21.5. The third kappa shape index (κ3) is 5.44. The van der Waals surface area contributed by atoms with Gasteiger partial charge in [-0.2, -0.15) is 0 Å². The Balaban J connectivity index is 1.90. The molecule has 4 rings (SSSR count). The van der Waals surface area contributed by atoms with E-state index in [-0.39, 0.29) is 17.1 Å². The number of Topliss-reactive ketones (excluding diaryl/α,β-unsaturated/α-hetero) is 1. The van der Waals surface area contributed by atoms with Crippen molar-refractivity contribution in [2.45, 2.75) is 78.7 Å². The van der Waals surface area contributed by atoms with Crippen molar-refractivity contribution in [1.82, 2.24) is 0 Å². The molecule has 5 heteroatoms. The summed E-state index contributed by atoms with van der Waals surface area (Å²) in [6, 6.07) is 15.3. The Morgan fingerprint density at radius 1 is 1.06 bits per heavy atom. The molecule has 2 aromatic carbocycles. The quantitative estimate of drug-likeness (QED) is 0.411. The van der Waals surface area contributed by atoms with Crippen LogP contribution in [0.25, 0.3) is 0 Å². The Kier molecular flexibility index (Phi) is 7.63. The molecule has 1 N–H and O–H groups in total. The van der Waals surface area contributed by atoms with Gasteiger partial charge in [-0.1, -0.05) is 64.8 Å². The zero-order chi connectivity index (χ0) is 25.0. The molecular formula is C30H38N2O3. The molecule has 0 aromatic heterocycles. The zero-order valence-electron chi connectivity index (χ0n) is 21.5. The van der Waals surface area contributed by atoms with Gasteiger partial charge in [0.05, 0.1) is 24.0 Å². The third-order valence-electron chi connectivity index (χ3n) is 6.81. The summed E-state index contributed by atoms with van der Waals surface area (Å²) < 4.78 is 5.94. The van der Waals surface area contributed by atoms with Crippen LogP contribution in [-0.2, 0) is 9.59 Å². The smallest absolute Gasteiger partial charge is 0.227 e. The van der Waals surface area contributed by atoms with Crippen LogP contribution in [0.1, 0.15) is 84.2 Å². The SMILES string of the molecule is CCCCCC(=O)N1c2ccccc2NC2=C(C(=O)CC(C)(C)C2)C1c1cccc(OCCC)c1. The topological polar surface area (TPSA) is 58.6 Å². The number of nitrogens with one attached hydrogen (secondary N) is 1. The van der Waals surface area contributed by atoms with Crippen LogP contribution in [-0.4, -0.2) is 18.3 Å². The maximum atomic E-state index is 13.9. The summed E-state index contributed by atoms with van der Waals surface area (Å²) in [5, 5.41) is 3.58. The number of carbonyl (C=O) groups is 2. The van der Waals surface area contributed by atoms with Gasteiger partial charge in [-0.25, -0.2) is 0 Å². The van der Waals surface area contributed by atoms with Crippen LogP contribution in [0.3, 0.4) is 0 Å². The number of ether oxygens (including phenoxy) is 1. The summed E-state index contributed by atoms with van der Waals surface area (Å²) in [7, 11) is 0. The molecule has 1 unspecified atom stereocenters. The number of nitrogens with zero attached hydrogens (tertiary/aromatic N) is 1. The molecule has 0 spiro atoms. The molecule has 1 amide bonds. The van der Waals surface area contributed by atoms with Gasteiger partial charge < -0.3 is 10.1 Å². The Labute approximate surface area is 209 Å². The van der Waals surface area contributed by atoms with Crippen LogP contribution >= 0.6 is 0 Å². The number of para-hydroxylation sites is 2. The normalized spacial score (nSPS) is 18.9. The van der Waals surface area contributed by atoms with Gasteiger partial charge in [0, 0.05) is 24.1 Å². The molecule has 1 aliphatic heterocycles. The first-order valence-electron chi connectivity index (χ1n) is 13.0. The maximum Gasteiger partial charge on any atom is 0.227 e. The molecule has 1 heterocycles. The highest BCUT2D eigenvalue weighted by molar-refractivity contribution is 6.06.